The maximum absolute atomic E-state index is 12.5. The molecule has 1 aliphatic heterocycles. The van der Waals surface area contributed by atoms with Crippen LogP contribution in [0.4, 0.5) is 5.69 Å². The highest BCUT2D eigenvalue weighted by atomic mass is 79.9. The molecule has 1 aromatic rings. The fourth-order valence-electron chi connectivity index (χ4n) is 3.00. The number of nitrogens with zero attached hydrogens (tertiary/aromatic N) is 2. The van der Waals surface area contributed by atoms with Gasteiger partial charge in [-0.3, -0.25) is 14.4 Å². The van der Waals surface area contributed by atoms with Crippen molar-refractivity contribution in [3.8, 4) is 0 Å². The third kappa shape index (κ3) is 3.61. The van der Waals surface area contributed by atoms with Gasteiger partial charge in [0.15, 0.2) is 0 Å². The topological polar surface area (TPSA) is 69.7 Å². The van der Waals surface area contributed by atoms with Crippen molar-refractivity contribution in [2.45, 2.75) is 13.3 Å². The van der Waals surface area contributed by atoms with E-state index in [9.17, 15) is 14.4 Å². The Balaban J connectivity index is 1.52. The highest BCUT2D eigenvalue weighted by Gasteiger charge is 2.49. The summed E-state index contributed by atoms with van der Waals surface area (Å²) >= 11 is 3.43. The fourth-order valence-corrected chi connectivity index (χ4v) is 3.24. The van der Waals surface area contributed by atoms with Crippen molar-refractivity contribution in [2.24, 2.45) is 11.8 Å². The standard InChI is InChI=1S/C17H20BrN3O3/c1-11-8-12(2-3-15(11)18)19-16(23)13-9-14(13)17(24)21-6-4-20(10-22)5-7-21/h2-3,8,10,13-14H,4-7,9H2,1H3,(H,19,23). The number of hydrogen-bond acceptors (Lipinski definition) is 3. The number of halogens is 1. The summed E-state index contributed by atoms with van der Waals surface area (Å²) in [5.41, 5.74) is 1.79. The zero-order valence-electron chi connectivity index (χ0n) is 13.5. The van der Waals surface area contributed by atoms with Crippen LogP contribution in [0.2, 0.25) is 0 Å². The second kappa shape index (κ2) is 6.93. The van der Waals surface area contributed by atoms with Gasteiger partial charge in [0.25, 0.3) is 0 Å². The smallest absolute Gasteiger partial charge is 0.228 e. The molecule has 0 aromatic heterocycles. The largest absolute Gasteiger partial charge is 0.342 e. The predicted octanol–water partition coefficient (Wildman–Crippen LogP) is 1.63. The molecule has 7 heteroatoms. The Morgan fingerprint density at radius 3 is 2.54 bits per heavy atom. The number of amides is 3. The quantitative estimate of drug-likeness (QED) is 0.790. The summed E-state index contributed by atoms with van der Waals surface area (Å²) in [5, 5.41) is 2.89. The van der Waals surface area contributed by atoms with Gasteiger partial charge in [0.2, 0.25) is 18.2 Å². The molecule has 24 heavy (non-hydrogen) atoms. The maximum atomic E-state index is 12.5. The molecule has 1 saturated carbocycles. The van der Waals surface area contributed by atoms with Crippen LogP contribution in [0.25, 0.3) is 0 Å². The Morgan fingerprint density at radius 1 is 1.21 bits per heavy atom. The highest BCUT2D eigenvalue weighted by molar-refractivity contribution is 9.10. The minimum Gasteiger partial charge on any atom is -0.342 e. The number of aryl methyl sites for hydroxylation is 1. The number of benzene rings is 1. The Morgan fingerprint density at radius 2 is 1.92 bits per heavy atom. The lowest BCUT2D eigenvalue weighted by Crippen LogP contribution is -2.48. The van der Waals surface area contributed by atoms with E-state index in [4.69, 9.17) is 0 Å². The van der Waals surface area contributed by atoms with E-state index in [-0.39, 0.29) is 23.7 Å². The molecular formula is C17H20BrN3O3. The molecule has 0 radical (unpaired) electrons. The molecule has 1 aliphatic carbocycles. The second-order valence-corrected chi connectivity index (χ2v) is 7.22. The van der Waals surface area contributed by atoms with E-state index in [1.165, 1.54) is 0 Å². The average molecular weight is 394 g/mol. The van der Waals surface area contributed by atoms with Gasteiger partial charge in [-0.05, 0) is 37.1 Å². The Bertz CT molecular complexity index is 671. The molecule has 0 bridgehead atoms. The molecule has 1 saturated heterocycles. The van der Waals surface area contributed by atoms with E-state index >= 15 is 0 Å². The molecule has 3 rings (SSSR count). The van der Waals surface area contributed by atoms with Gasteiger partial charge in [-0.15, -0.1) is 0 Å². The summed E-state index contributed by atoms with van der Waals surface area (Å²) in [6, 6.07) is 5.64. The first kappa shape index (κ1) is 17.0. The van der Waals surface area contributed by atoms with Crippen LogP contribution in [0, 0.1) is 18.8 Å². The van der Waals surface area contributed by atoms with Crippen molar-refractivity contribution in [1.82, 2.24) is 9.80 Å². The van der Waals surface area contributed by atoms with E-state index in [1.54, 1.807) is 9.80 Å². The van der Waals surface area contributed by atoms with E-state index in [1.807, 2.05) is 25.1 Å². The summed E-state index contributed by atoms with van der Waals surface area (Å²) in [4.78, 5) is 38.9. The predicted molar refractivity (Wildman–Crippen MR) is 93.3 cm³/mol. The summed E-state index contributed by atoms with van der Waals surface area (Å²) < 4.78 is 0.995. The summed E-state index contributed by atoms with van der Waals surface area (Å²) in [7, 11) is 0. The molecule has 1 N–H and O–H groups in total. The monoisotopic (exact) mass is 393 g/mol. The molecule has 2 unspecified atom stereocenters. The van der Waals surface area contributed by atoms with E-state index in [2.05, 4.69) is 21.2 Å². The number of hydrogen-bond donors (Lipinski definition) is 1. The number of rotatable bonds is 4. The van der Waals surface area contributed by atoms with E-state index in [0.717, 1.165) is 22.1 Å². The van der Waals surface area contributed by atoms with Crippen molar-refractivity contribution in [1.29, 1.82) is 0 Å². The van der Waals surface area contributed by atoms with Gasteiger partial charge in [0, 0.05) is 36.3 Å². The summed E-state index contributed by atoms with van der Waals surface area (Å²) in [5.74, 6) is -0.524. The van der Waals surface area contributed by atoms with E-state index in [0.29, 0.717) is 32.6 Å². The lowest BCUT2D eigenvalue weighted by atomic mass is 10.2. The minimum absolute atomic E-state index is 0.0349. The van der Waals surface area contributed by atoms with Gasteiger partial charge < -0.3 is 15.1 Å². The highest BCUT2D eigenvalue weighted by Crippen LogP contribution is 2.41. The van der Waals surface area contributed by atoms with Gasteiger partial charge in [0.1, 0.15) is 0 Å². The molecule has 2 atom stereocenters. The number of piperazine rings is 1. The normalized spacial score (nSPS) is 22.9. The van der Waals surface area contributed by atoms with Crippen molar-refractivity contribution in [3.63, 3.8) is 0 Å². The molecule has 1 heterocycles. The maximum Gasteiger partial charge on any atom is 0.228 e. The average Bonchev–Trinajstić information content (AvgIpc) is 3.38. The van der Waals surface area contributed by atoms with Crippen LogP contribution in [-0.4, -0.2) is 54.2 Å². The van der Waals surface area contributed by atoms with Gasteiger partial charge in [-0.25, -0.2) is 0 Å². The molecule has 2 fully saturated rings. The SMILES string of the molecule is Cc1cc(NC(=O)C2CC2C(=O)N2CCN(C=O)CC2)ccc1Br. The van der Waals surface area contributed by atoms with Gasteiger partial charge >= 0.3 is 0 Å². The Hall–Kier alpha value is -1.89. The third-order valence-electron chi connectivity index (χ3n) is 4.64. The molecule has 1 aromatic carbocycles. The first-order valence-electron chi connectivity index (χ1n) is 8.04. The number of anilines is 1. The van der Waals surface area contributed by atoms with Crippen LogP contribution in [-0.2, 0) is 14.4 Å². The zero-order chi connectivity index (χ0) is 17.3. The number of nitrogens with one attached hydrogen (secondary N) is 1. The van der Waals surface area contributed by atoms with Crippen LogP contribution in [0.3, 0.4) is 0 Å². The van der Waals surface area contributed by atoms with Crippen LogP contribution in [0.5, 0.6) is 0 Å². The van der Waals surface area contributed by atoms with Crippen LogP contribution < -0.4 is 5.32 Å². The lowest BCUT2D eigenvalue weighted by molar-refractivity contribution is -0.137. The summed E-state index contributed by atoms with van der Waals surface area (Å²) in [6.07, 6.45) is 1.42. The molecule has 128 valence electrons. The van der Waals surface area contributed by atoms with Crippen LogP contribution in [0.1, 0.15) is 12.0 Å². The Labute approximate surface area is 149 Å². The lowest BCUT2D eigenvalue weighted by Gasteiger charge is -2.32. The van der Waals surface area contributed by atoms with Crippen molar-refractivity contribution in [3.05, 3.63) is 28.2 Å². The second-order valence-electron chi connectivity index (χ2n) is 6.37. The molecule has 2 aliphatic rings. The van der Waals surface area contributed by atoms with Gasteiger partial charge in [-0.1, -0.05) is 15.9 Å². The first-order valence-corrected chi connectivity index (χ1v) is 8.84. The first-order chi connectivity index (χ1) is 11.5. The van der Waals surface area contributed by atoms with Crippen molar-refractivity contribution < 1.29 is 14.4 Å². The van der Waals surface area contributed by atoms with Crippen LogP contribution in [0.15, 0.2) is 22.7 Å². The zero-order valence-corrected chi connectivity index (χ0v) is 15.1. The Kier molecular flexibility index (Phi) is 4.89. The molecule has 6 nitrogen and oxygen atoms in total. The van der Waals surface area contributed by atoms with Crippen LogP contribution >= 0.6 is 15.9 Å². The van der Waals surface area contributed by atoms with E-state index < -0.39 is 0 Å². The minimum atomic E-state index is -0.245. The summed E-state index contributed by atoms with van der Waals surface area (Å²) in [6.45, 7) is 4.19. The van der Waals surface area contributed by atoms with Crippen molar-refractivity contribution >= 4 is 39.8 Å². The number of carbonyl (C=O) groups is 3. The van der Waals surface area contributed by atoms with Gasteiger partial charge in [0.05, 0.1) is 11.8 Å². The molecule has 0 spiro atoms. The fraction of sp³-hybridized carbons (Fsp3) is 0.471. The third-order valence-corrected chi connectivity index (χ3v) is 5.53. The number of carbonyl (C=O) groups excluding carboxylic acids is 3. The molecular weight excluding hydrogens is 374 g/mol. The van der Waals surface area contributed by atoms with Gasteiger partial charge in [-0.2, -0.15) is 0 Å². The van der Waals surface area contributed by atoms with Crippen molar-refractivity contribution in [2.75, 3.05) is 31.5 Å². The molecule has 3 amide bonds.